The summed E-state index contributed by atoms with van der Waals surface area (Å²) in [5.41, 5.74) is 0. The zero-order valence-electron chi connectivity index (χ0n) is 13.8. The van der Waals surface area contributed by atoms with Gasteiger partial charge in [0.25, 0.3) is 0 Å². The molecule has 2 heterocycles. The van der Waals surface area contributed by atoms with Crippen LogP contribution in [0, 0.1) is 11.8 Å². The van der Waals surface area contributed by atoms with Crippen LogP contribution in [0.5, 0.6) is 0 Å². The number of morpholine rings is 1. The number of piperidine rings is 1. The molecular weight excluding hydrogens is 282 g/mol. The third-order valence-electron chi connectivity index (χ3n) is 4.76. The number of carbonyl (C=O) groups excluding carboxylic acids is 2. The van der Waals surface area contributed by atoms with E-state index in [4.69, 9.17) is 4.74 Å². The van der Waals surface area contributed by atoms with Crippen molar-refractivity contribution in [1.82, 2.24) is 15.5 Å². The van der Waals surface area contributed by atoms with Crippen molar-refractivity contribution in [2.24, 2.45) is 11.8 Å². The molecule has 0 saturated carbocycles. The first-order valence-corrected chi connectivity index (χ1v) is 8.40. The molecule has 0 spiro atoms. The number of ether oxygens (including phenoxy) is 1. The third kappa shape index (κ3) is 5.25. The molecule has 2 N–H and O–H groups in total. The van der Waals surface area contributed by atoms with Crippen molar-refractivity contribution in [3.63, 3.8) is 0 Å². The van der Waals surface area contributed by atoms with Crippen LogP contribution in [0.4, 0.5) is 0 Å². The predicted molar refractivity (Wildman–Crippen MR) is 84.4 cm³/mol. The van der Waals surface area contributed by atoms with Crippen LogP contribution in [0.15, 0.2) is 0 Å². The highest BCUT2D eigenvalue weighted by molar-refractivity contribution is 5.76. The molecule has 0 bridgehead atoms. The lowest BCUT2D eigenvalue weighted by atomic mass is 9.84. The maximum atomic E-state index is 12.5. The van der Waals surface area contributed by atoms with Crippen LogP contribution in [0.25, 0.3) is 0 Å². The number of carbonyl (C=O) groups is 2. The Morgan fingerprint density at radius 2 is 2.09 bits per heavy atom. The molecule has 22 heavy (non-hydrogen) atoms. The summed E-state index contributed by atoms with van der Waals surface area (Å²) in [5, 5.41) is 6.13. The molecule has 2 rings (SSSR count). The minimum Gasteiger partial charge on any atom is -0.373 e. The Morgan fingerprint density at radius 1 is 1.36 bits per heavy atom. The van der Waals surface area contributed by atoms with E-state index in [0.29, 0.717) is 44.5 Å². The number of rotatable bonds is 5. The van der Waals surface area contributed by atoms with E-state index in [1.165, 1.54) is 19.8 Å². The Balaban J connectivity index is 1.77. The summed E-state index contributed by atoms with van der Waals surface area (Å²) in [6, 6.07) is 0. The standard InChI is InChI=1S/C16H29N3O3/c1-12(14-3-5-17-6-4-14)9-16(21)19-7-8-22-15(11-19)10-18-13(2)20/h12,14-15,17H,3-11H2,1-2H3,(H,18,20). The van der Waals surface area contributed by atoms with Gasteiger partial charge in [-0.15, -0.1) is 0 Å². The SMILES string of the molecule is CC(=O)NCC1CN(C(=O)CC(C)C2CCNCC2)CCO1. The van der Waals surface area contributed by atoms with Crippen LogP contribution >= 0.6 is 0 Å². The van der Waals surface area contributed by atoms with Gasteiger partial charge in [-0.25, -0.2) is 0 Å². The summed E-state index contributed by atoms with van der Waals surface area (Å²) in [7, 11) is 0. The summed E-state index contributed by atoms with van der Waals surface area (Å²) in [6.45, 7) is 8.10. The molecule has 0 radical (unpaired) electrons. The zero-order chi connectivity index (χ0) is 15.9. The molecule has 2 atom stereocenters. The molecule has 0 aromatic rings. The lowest BCUT2D eigenvalue weighted by molar-refractivity contribution is -0.140. The van der Waals surface area contributed by atoms with Crippen LogP contribution in [-0.2, 0) is 14.3 Å². The fourth-order valence-corrected chi connectivity index (χ4v) is 3.31. The van der Waals surface area contributed by atoms with Gasteiger partial charge >= 0.3 is 0 Å². The normalized spacial score (nSPS) is 24.8. The van der Waals surface area contributed by atoms with Crippen molar-refractivity contribution in [3.05, 3.63) is 0 Å². The smallest absolute Gasteiger partial charge is 0.223 e. The second kappa shape index (κ2) is 8.48. The van der Waals surface area contributed by atoms with Crippen LogP contribution < -0.4 is 10.6 Å². The quantitative estimate of drug-likeness (QED) is 0.770. The van der Waals surface area contributed by atoms with E-state index in [9.17, 15) is 9.59 Å². The monoisotopic (exact) mass is 311 g/mol. The van der Waals surface area contributed by atoms with Crippen LogP contribution in [0.3, 0.4) is 0 Å². The first kappa shape index (κ1) is 17.2. The van der Waals surface area contributed by atoms with Gasteiger partial charge in [0, 0.05) is 33.0 Å². The molecule has 2 unspecified atom stereocenters. The fraction of sp³-hybridized carbons (Fsp3) is 0.875. The van der Waals surface area contributed by atoms with Gasteiger partial charge in [0.1, 0.15) is 0 Å². The first-order chi connectivity index (χ1) is 10.6. The van der Waals surface area contributed by atoms with Crippen molar-refractivity contribution >= 4 is 11.8 Å². The summed E-state index contributed by atoms with van der Waals surface area (Å²) >= 11 is 0. The number of hydrogen-bond acceptors (Lipinski definition) is 4. The number of amides is 2. The highest BCUT2D eigenvalue weighted by atomic mass is 16.5. The maximum Gasteiger partial charge on any atom is 0.223 e. The second-order valence-corrected chi connectivity index (χ2v) is 6.54. The summed E-state index contributed by atoms with van der Waals surface area (Å²) in [5.74, 6) is 1.25. The maximum absolute atomic E-state index is 12.5. The molecule has 2 fully saturated rings. The minimum absolute atomic E-state index is 0.0634. The van der Waals surface area contributed by atoms with E-state index in [0.717, 1.165) is 13.1 Å². The number of nitrogens with zero attached hydrogens (tertiary/aromatic N) is 1. The van der Waals surface area contributed by atoms with Crippen molar-refractivity contribution < 1.29 is 14.3 Å². The molecule has 2 saturated heterocycles. The van der Waals surface area contributed by atoms with Crippen LogP contribution in [-0.4, -0.2) is 62.1 Å². The van der Waals surface area contributed by atoms with E-state index >= 15 is 0 Å². The Kier molecular flexibility index (Phi) is 6.64. The van der Waals surface area contributed by atoms with Gasteiger partial charge in [-0.05, 0) is 37.8 Å². The Labute approximate surface area is 132 Å². The van der Waals surface area contributed by atoms with Crippen molar-refractivity contribution in [3.8, 4) is 0 Å². The average molecular weight is 311 g/mol. The fourth-order valence-electron chi connectivity index (χ4n) is 3.31. The summed E-state index contributed by atoms with van der Waals surface area (Å²) in [6.07, 6.45) is 2.87. The number of hydrogen-bond donors (Lipinski definition) is 2. The molecule has 2 aliphatic heterocycles. The highest BCUT2D eigenvalue weighted by Crippen LogP contribution is 2.25. The van der Waals surface area contributed by atoms with Crippen molar-refractivity contribution in [1.29, 1.82) is 0 Å². The molecule has 126 valence electrons. The molecule has 6 heteroatoms. The molecule has 0 aromatic heterocycles. The van der Waals surface area contributed by atoms with Gasteiger partial charge in [0.2, 0.25) is 11.8 Å². The van der Waals surface area contributed by atoms with E-state index < -0.39 is 0 Å². The van der Waals surface area contributed by atoms with Gasteiger partial charge in [-0.2, -0.15) is 0 Å². The predicted octanol–water partition coefficient (Wildman–Crippen LogP) is 0.376. The van der Waals surface area contributed by atoms with E-state index in [1.807, 2.05) is 4.90 Å². The Bertz CT molecular complexity index is 383. The van der Waals surface area contributed by atoms with Gasteiger partial charge in [-0.3, -0.25) is 9.59 Å². The summed E-state index contributed by atoms with van der Waals surface area (Å²) < 4.78 is 5.61. The van der Waals surface area contributed by atoms with Gasteiger partial charge < -0.3 is 20.3 Å². The lowest BCUT2D eigenvalue weighted by Gasteiger charge is -2.35. The summed E-state index contributed by atoms with van der Waals surface area (Å²) in [4.78, 5) is 25.4. The lowest BCUT2D eigenvalue weighted by Crippen LogP contribution is -2.49. The largest absolute Gasteiger partial charge is 0.373 e. The Morgan fingerprint density at radius 3 is 2.77 bits per heavy atom. The third-order valence-corrected chi connectivity index (χ3v) is 4.76. The molecule has 2 amide bonds. The number of nitrogens with one attached hydrogen (secondary N) is 2. The molecular formula is C16H29N3O3. The van der Waals surface area contributed by atoms with Gasteiger partial charge in [0.05, 0.1) is 12.7 Å². The van der Waals surface area contributed by atoms with Crippen molar-refractivity contribution in [2.75, 3.05) is 39.3 Å². The molecule has 0 aromatic carbocycles. The average Bonchev–Trinajstić information content (AvgIpc) is 2.54. The van der Waals surface area contributed by atoms with E-state index in [-0.39, 0.29) is 17.9 Å². The van der Waals surface area contributed by atoms with E-state index in [1.54, 1.807) is 0 Å². The molecule has 6 nitrogen and oxygen atoms in total. The second-order valence-electron chi connectivity index (χ2n) is 6.54. The van der Waals surface area contributed by atoms with Crippen LogP contribution in [0.2, 0.25) is 0 Å². The van der Waals surface area contributed by atoms with Gasteiger partial charge in [-0.1, -0.05) is 6.92 Å². The van der Waals surface area contributed by atoms with Gasteiger partial charge in [0.15, 0.2) is 0 Å². The Hall–Kier alpha value is -1.14. The topological polar surface area (TPSA) is 70.7 Å². The zero-order valence-corrected chi connectivity index (χ0v) is 13.8. The molecule has 0 aliphatic carbocycles. The first-order valence-electron chi connectivity index (χ1n) is 8.40. The minimum atomic E-state index is -0.0872. The highest BCUT2D eigenvalue weighted by Gasteiger charge is 2.28. The molecule has 2 aliphatic rings. The van der Waals surface area contributed by atoms with Crippen molar-refractivity contribution in [2.45, 2.75) is 39.2 Å². The van der Waals surface area contributed by atoms with E-state index in [2.05, 4.69) is 17.6 Å². The van der Waals surface area contributed by atoms with Crippen LogP contribution in [0.1, 0.15) is 33.1 Å².